The Labute approximate surface area is 104 Å². The van der Waals surface area contributed by atoms with Gasteiger partial charge >= 0.3 is 0 Å². The molecule has 1 unspecified atom stereocenters. The molecular formula is C13H24N2O2. The smallest absolute Gasteiger partial charge is 0.253 e. The lowest BCUT2D eigenvalue weighted by atomic mass is 10.1. The van der Waals surface area contributed by atoms with Gasteiger partial charge in [0.05, 0.1) is 6.61 Å². The third-order valence-corrected chi connectivity index (χ3v) is 3.92. The maximum absolute atomic E-state index is 12.3. The lowest BCUT2D eigenvalue weighted by Gasteiger charge is -2.32. The number of nitrogens with zero attached hydrogens (tertiary/aromatic N) is 1. The minimum Gasteiger partial charge on any atom is -0.366 e. The van der Waals surface area contributed by atoms with Crippen LogP contribution in [0.25, 0.3) is 0 Å². The SMILES string of the molecule is CN(C(=O)C1CNCCO1)C1CCCCCC1. The summed E-state index contributed by atoms with van der Waals surface area (Å²) in [5.41, 5.74) is 0. The number of ether oxygens (including phenoxy) is 1. The van der Waals surface area contributed by atoms with E-state index in [9.17, 15) is 4.79 Å². The van der Waals surface area contributed by atoms with Crippen LogP contribution in [0.5, 0.6) is 0 Å². The van der Waals surface area contributed by atoms with Gasteiger partial charge in [0, 0.05) is 26.2 Å². The molecule has 0 spiro atoms. The van der Waals surface area contributed by atoms with Crippen molar-refractivity contribution in [2.45, 2.75) is 50.7 Å². The third-order valence-electron chi connectivity index (χ3n) is 3.92. The van der Waals surface area contributed by atoms with Gasteiger partial charge in [-0.05, 0) is 12.8 Å². The summed E-state index contributed by atoms with van der Waals surface area (Å²) in [5, 5.41) is 3.21. The van der Waals surface area contributed by atoms with E-state index in [0.29, 0.717) is 19.2 Å². The molecule has 17 heavy (non-hydrogen) atoms. The summed E-state index contributed by atoms with van der Waals surface area (Å²) >= 11 is 0. The fraction of sp³-hybridized carbons (Fsp3) is 0.923. The van der Waals surface area contributed by atoms with E-state index in [1.165, 1.54) is 25.7 Å². The van der Waals surface area contributed by atoms with Crippen LogP contribution in [-0.2, 0) is 9.53 Å². The van der Waals surface area contributed by atoms with Gasteiger partial charge in [-0.3, -0.25) is 4.79 Å². The van der Waals surface area contributed by atoms with Crippen molar-refractivity contribution in [3.05, 3.63) is 0 Å². The molecule has 4 heteroatoms. The molecule has 1 atom stereocenters. The molecular weight excluding hydrogens is 216 g/mol. The van der Waals surface area contributed by atoms with Crippen LogP contribution in [-0.4, -0.2) is 49.7 Å². The summed E-state index contributed by atoms with van der Waals surface area (Å²) in [6, 6.07) is 0.426. The van der Waals surface area contributed by atoms with Crippen molar-refractivity contribution >= 4 is 5.91 Å². The van der Waals surface area contributed by atoms with E-state index in [4.69, 9.17) is 4.74 Å². The molecule has 1 saturated carbocycles. The van der Waals surface area contributed by atoms with Crippen LogP contribution in [0.2, 0.25) is 0 Å². The van der Waals surface area contributed by atoms with E-state index in [1.54, 1.807) is 0 Å². The second-order valence-electron chi connectivity index (χ2n) is 5.16. The van der Waals surface area contributed by atoms with Gasteiger partial charge < -0.3 is 15.0 Å². The van der Waals surface area contributed by atoms with Crippen molar-refractivity contribution in [2.24, 2.45) is 0 Å². The average molecular weight is 240 g/mol. The fourth-order valence-electron chi connectivity index (χ4n) is 2.78. The van der Waals surface area contributed by atoms with E-state index in [1.807, 2.05) is 11.9 Å². The Bertz CT molecular complexity index is 244. The summed E-state index contributed by atoms with van der Waals surface area (Å²) < 4.78 is 5.53. The molecule has 0 bridgehead atoms. The van der Waals surface area contributed by atoms with E-state index in [-0.39, 0.29) is 12.0 Å². The van der Waals surface area contributed by atoms with Crippen molar-refractivity contribution in [3.8, 4) is 0 Å². The zero-order valence-electron chi connectivity index (χ0n) is 10.8. The molecule has 1 amide bonds. The Kier molecular flexibility index (Phi) is 4.80. The number of nitrogens with one attached hydrogen (secondary N) is 1. The van der Waals surface area contributed by atoms with Gasteiger partial charge in [0.25, 0.3) is 5.91 Å². The van der Waals surface area contributed by atoms with Gasteiger partial charge in [0.1, 0.15) is 6.10 Å². The quantitative estimate of drug-likeness (QED) is 0.736. The maximum atomic E-state index is 12.3. The number of hydrogen-bond donors (Lipinski definition) is 1. The van der Waals surface area contributed by atoms with Crippen LogP contribution in [0.4, 0.5) is 0 Å². The van der Waals surface area contributed by atoms with Crippen molar-refractivity contribution in [2.75, 3.05) is 26.7 Å². The second-order valence-corrected chi connectivity index (χ2v) is 5.16. The molecule has 2 fully saturated rings. The number of morpholine rings is 1. The van der Waals surface area contributed by atoms with Crippen LogP contribution in [0.15, 0.2) is 0 Å². The van der Waals surface area contributed by atoms with Gasteiger partial charge in [0.2, 0.25) is 0 Å². The van der Waals surface area contributed by atoms with Crippen molar-refractivity contribution in [1.82, 2.24) is 10.2 Å². The molecule has 1 saturated heterocycles. The van der Waals surface area contributed by atoms with E-state index in [0.717, 1.165) is 19.4 Å². The number of rotatable bonds is 2. The van der Waals surface area contributed by atoms with Crippen molar-refractivity contribution in [1.29, 1.82) is 0 Å². The van der Waals surface area contributed by atoms with Gasteiger partial charge in [-0.25, -0.2) is 0 Å². The van der Waals surface area contributed by atoms with Crippen LogP contribution in [0.3, 0.4) is 0 Å². The predicted molar refractivity (Wildman–Crippen MR) is 66.9 cm³/mol. The van der Waals surface area contributed by atoms with E-state index >= 15 is 0 Å². The van der Waals surface area contributed by atoms with Crippen molar-refractivity contribution in [3.63, 3.8) is 0 Å². The highest BCUT2D eigenvalue weighted by Gasteiger charge is 2.29. The Morgan fingerprint density at radius 2 is 1.94 bits per heavy atom. The first-order valence-corrected chi connectivity index (χ1v) is 6.88. The molecule has 0 aromatic carbocycles. The zero-order chi connectivity index (χ0) is 12.1. The van der Waals surface area contributed by atoms with Crippen LogP contribution >= 0.6 is 0 Å². The minimum atomic E-state index is -0.267. The summed E-state index contributed by atoms with van der Waals surface area (Å²) in [4.78, 5) is 14.2. The van der Waals surface area contributed by atoms with E-state index in [2.05, 4.69) is 5.32 Å². The summed E-state index contributed by atoms with van der Waals surface area (Å²) in [6.45, 7) is 2.17. The topological polar surface area (TPSA) is 41.6 Å². The largest absolute Gasteiger partial charge is 0.366 e. The maximum Gasteiger partial charge on any atom is 0.253 e. The van der Waals surface area contributed by atoms with Gasteiger partial charge in [-0.1, -0.05) is 25.7 Å². The molecule has 4 nitrogen and oxygen atoms in total. The Hall–Kier alpha value is -0.610. The number of carbonyl (C=O) groups excluding carboxylic acids is 1. The number of amides is 1. The molecule has 2 aliphatic rings. The second kappa shape index (κ2) is 6.36. The minimum absolute atomic E-state index is 0.157. The molecule has 1 heterocycles. The van der Waals surface area contributed by atoms with Crippen molar-refractivity contribution < 1.29 is 9.53 Å². The summed E-state index contributed by atoms with van der Waals surface area (Å²) in [6.07, 6.45) is 7.19. The zero-order valence-corrected chi connectivity index (χ0v) is 10.8. The molecule has 2 rings (SSSR count). The number of carbonyl (C=O) groups is 1. The highest BCUT2D eigenvalue weighted by atomic mass is 16.5. The third kappa shape index (κ3) is 3.42. The lowest BCUT2D eigenvalue weighted by molar-refractivity contribution is -0.146. The monoisotopic (exact) mass is 240 g/mol. The van der Waals surface area contributed by atoms with Gasteiger partial charge in [0.15, 0.2) is 0 Å². The normalized spacial score (nSPS) is 27.5. The first kappa shape index (κ1) is 12.8. The fourth-order valence-corrected chi connectivity index (χ4v) is 2.78. The van der Waals surface area contributed by atoms with Crippen LogP contribution < -0.4 is 5.32 Å². The van der Waals surface area contributed by atoms with Gasteiger partial charge in [-0.15, -0.1) is 0 Å². The number of hydrogen-bond acceptors (Lipinski definition) is 3. The van der Waals surface area contributed by atoms with Crippen LogP contribution in [0.1, 0.15) is 38.5 Å². The van der Waals surface area contributed by atoms with E-state index < -0.39 is 0 Å². The molecule has 98 valence electrons. The first-order valence-electron chi connectivity index (χ1n) is 6.88. The van der Waals surface area contributed by atoms with Gasteiger partial charge in [-0.2, -0.15) is 0 Å². The highest BCUT2D eigenvalue weighted by molar-refractivity contribution is 5.81. The Morgan fingerprint density at radius 3 is 2.53 bits per heavy atom. The molecule has 1 aliphatic heterocycles. The first-order chi connectivity index (χ1) is 8.29. The standard InChI is InChI=1S/C13H24N2O2/c1-15(11-6-4-2-3-5-7-11)13(16)12-10-14-8-9-17-12/h11-12,14H,2-10H2,1H3. The predicted octanol–water partition coefficient (Wildman–Crippen LogP) is 1.16. The molecule has 1 N–H and O–H groups in total. The number of likely N-dealkylation sites (N-methyl/N-ethyl adjacent to an activating group) is 1. The molecule has 0 aromatic heterocycles. The highest BCUT2D eigenvalue weighted by Crippen LogP contribution is 2.21. The molecule has 0 aromatic rings. The summed E-state index contributed by atoms with van der Waals surface area (Å²) in [5.74, 6) is 0.157. The summed E-state index contributed by atoms with van der Waals surface area (Å²) in [7, 11) is 1.94. The average Bonchev–Trinajstić information content (AvgIpc) is 2.67. The Balaban J connectivity index is 1.88. The van der Waals surface area contributed by atoms with Crippen LogP contribution in [0, 0.1) is 0 Å². The lowest BCUT2D eigenvalue weighted by Crippen LogP contribution is -2.50. The molecule has 0 radical (unpaired) electrons. The molecule has 1 aliphatic carbocycles. The Morgan fingerprint density at radius 1 is 1.24 bits per heavy atom.